The van der Waals surface area contributed by atoms with E-state index in [9.17, 15) is 9.50 Å². The Kier molecular flexibility index (Phi) is 8.51. The lowest BCUT2D eigenvalue weighted by Crippen LogP contribution is -2.00. The largest absolute Gasteiger partial charge is 0.493 e. The number of benzene rings is 3. The number of rotatable bonds is 12. The fourth-order valence-corrected chi connectivity index (χ4v) is 4.77. The maximum absolute atomic E-state index is 14.8. The molecule has 5 aromatic rings. The van der Waals surface area contributed by atoms with Crippen molar-refractivity contribution in [1.82, 2.24) is 14.4 Å². The van der Waals surface area contributed by atoms with E-state index in [2.05, 4.69) is 19.1 Å². The fourth-order valence-electron chi connectivity index (χ4n) is 4.77. The van der Waals surface area contributed by atoms with Crippen molar-refractivity contribution in [2.45, 2.75) is 51.9 Å². The van der Waals surface area contributed by atoms with Gasteiger partial charge < -0.3 is 9.84 Å². The molecule has 0 spiro atoms. The quantitative estimate of drug-likeness (QED) is 0.170. The van der Waals surface area contributed by atoms with Crippen LogP contribution in [-0.2, 0) is 12.8 Å². The van der Waals surface area contributed by atoms with Gasteiger partial charge in [0.15, 0.2) is 17.2 Å². The summed E-state index contributed by atoms with van der Waals surface area (Å²) in [6.07, 6.45) is 8.26. The van der Waals surface area contributed by atoms with Gasteiger partial charge >= 0.3 is 0 Å². The Hall–Kier alpha value is -4.19. The van der Waals surface area contributed by atoms with E-state index < -0.39 is 5.82 Å². The van der Waals surface area contributed by atoms with Gasteiger partial charge in [-0.1, -0.05) is 99.3 Å². The summed E-state index contributed by atoms with van der Waals surface area (Å²) in [6.45, 7) is 2.69. The van der Waals surface area contributed by atoms with Crippen LogP contribution >= 0.6 is 0 Å². The molecule has 0 unspecified atom stereocenters. The molecular formula is C33H34FN3O2. The summed E-state index contributed by atoms with van der Waals surface area (Å²) in [6, 6.07) is 24.9. The second-order valence-electron chi connectivity index (χ2n) is 9.88. The topological polar surface area (TPSA) is 59.7 Å². The smallest absolute Gasteiger partial charge is 0.219 e. The molecule has 5 rings (SSSR count). The van der Waals surface area contributed by atoms with Crippen LogP contribution in [-0.4, -0.2) is 26.1 Å². The summed E-state index contributed by atoms with van der Waals surface area (Å²) in [5.41, 5.74) is 5.33. The molecule has 0 saturated heterocycles. The van der Waals surface area contributed by atoms with Crippen LogP contribution in [0.3, 0.4) is 0 Å². The first-order valence-electron chi connectivity index (χ1n) is 13.7. The van der Waals surface area contributed by atoms with Crippen LogP contribution in [0.1, 0.15) is 61.5 Å². The van der Waals surface area contributed by atoms with E-state index in [0.29, 0.717) is 29.9 Å². The van der Waals surface area contributed by atoms with E-state index in [0.717, 1.165) is 35.4 Å². The van der Waals surface area contributed by atoms with Crippen molar-refractivity contribution in [2.24, 2.45) is 0 Å². The lowest BCUT2D eigenvalue weighted by molar-refractivity contribution is 0.290. The molecule has 1 N–H and O–H groups in total. The molecule has 2 aromatic heterocycles. The Morgan fingerprint density at radius 2 is 1.51 bits per heavy atom. The Labute approximate surface area is 229 Å². The number of fused-ring (bicyclic) bond motifs is 1. The third kappa shape index (κ3) is 6.45. The Morgan fingerprint density at radius 1 is 0.795 bits per heavy atom. The number of aromatic nitrogens is 3. The van der Waals surface area contributed by atoms with Gasteiger partial charge in [0.05, 0.1) is 18.0 Å². The second-order valence-corrected chi connectivity index (χ2v) is 9.88. The summed E-state index contributed by atoms with van der Waals surface area (Å²) in [5.74, 6) is -0.107. The molecule has 0 amide bonds. The number of aromatic hydroxyl groups is 1. The van der Waals surface area contributed by atoms with Gasteiger partial charge in [0, 0.05) is 24.6 Å². The molecule has 0 aliphatic rings. The van der Waals surface area contributed by atoms with Gasteiger partial charge in [-0.25, -0.2) is 14.4 Å². The molecule has 200 valence electrons. The highest BCUT2D eigenvalue weighted by molar-refractivity contribution is 5.63. The molecule has 0 atom stereocenters. The third-order valence-corrected chi connectivity index (χ3v) is 6.88. The predicted molar refractivity (Wildman–Crippen MR) is 153 cm³/mol. The molecule has 0 radical (unpaired) electrons. The van der Waals surface area contributed by atoms with Crippen LogP contribution in [0.5, 0.6) is 11.6 Å². The number of nitrogens with zero attached hydrogens (tertiary/aromatic N) is 3. The number of halogens is 1. The normalized spacial score (nSPS) is 11.2. The Bertz CT molecular complexity index is 1520. The molecule has 2 heterocycles. The maximum Gasteiger partial charge on any atom is 0.219 e. The van der Waals surface area contributed by atoms with Crippen molar-refractivity contribution in [1.29, 1.82) is 0 Å². The number of hydrogen-bond donors (Lipinski definition) is 1. The summed E-state index contributed by atoms with van der Waals surface area (Å²) >= 11 is 0. The van der Waals surface area contributed by atoms with Crippen LogP contribution in [0.4, 0.5) is 4.39 Å². The van der Waals surface area contributed by atoms with Crippen LogP contribution in [0, 0.1) is 5.82 Å². The molecule has 0 aliphatic carbocycles. The zero-order valence-corrected chi connectivity index (χ0v) is 22.3. The van der Waals surface area contributed by atoms with Gasteiger partial charge in [0.2, 0.25) is 5.88 Å². The number of imidazole rings is 1. The van der Waals surface area contributed by atoms with Crippen LogP contribution < -0.4 is 4.74 Å². The maximum atomic E-state index is 14.8. The van der Waals surface area contributed by atoms with E-state index in [1.807, 2.05) is 60.8 Å². The Balaban J connectivity index is 1.40. The van der Waals surface area contributed by atoms with Crippen LogP contribution in [0.15, 0.2) is 85.1 Å². The second kappa shape index (κ2) is 12.6. The zero-order valence-electron chi connectivity index (χ0n) is 22.3. The van der Waals surface area contributed by atoms with Crippen molar-refractivity contribution in [3.05, 3.63) is 113 Å². The van der Waals surface area contributed by atoms with Crippen LogP contribution in [0.25, 0.3) is 16.9 Å². The van der Waals surface area contributed by atoms with E-state index in [1.165, 1.54) is 25.3 Å². The van der Waals surface area contributed by atoms with E-state index in [-0.39, 0.29) is 18.1 Å². The summed E-state index contributed by atoms with van der Waals surface area (Å²) in [5, 5.41) is 11.2. The lowest BCUT2D eigenvalue weighted by Gasteiger charge is -2.09. The first kappa shape index (κ1) is 26.4. The Morgan fingerprint density at radius 3 is 2.26 bits per heavy atom. The molecule has 5 nitrogen and oxygen atoms in total. The molecule has 0 saturated carbocycles. The minimum absolute atomic E-state index is 0.0340. The highest BCUT2D eigenvalue weighted by Gasteiger charge is 2.18. The number of hydrogen-bond acceptors (Lipinski definition) is 4. The average Bonchev–Trinajstić information content (AvgIpc) is 3.27. The van der Waals surface area contributed by atoms with E-state index >= 15 is 0 Å². The highest BCUT2D eigenvalue weighted by atomic mass is 19.1. The van der Waals surface area contributed by atoms with E-state index in [1.54, 1.807) is 10.5 Å². The summed E-state index contributed by atoms with van der Waals surface area (Å²) in [4.78, 5) is 9.71. The minimum atomic E-state index is -0.401. The number of unbranched alkanes of at least 4 members (excludes halogenated alkanes) is 4. The first-order chi connectivity index (χ1) is 19.1. The fraction of sp³-hybridized carbons (Fsp3) is 0.273. The standard InChI is InChI=1S/C33H34FN3O2/c1-2-3-4-5-12-19-39-31-18-17-25(20-27(31)34)22-29-33(38)37-23-30(26-15-10-7-11-16-26)35-28(32(37)36-29)21-24-13-8-6-9-14-24/h6-11,13-18,20,23,38H,2-5,12,19,21-22H2,1H3. The molecular weight excluding hydrogens is 489 g/mol. The van der Waals surface area contributed by atoms with Crippen LogP contribution in [0.2, 0.25) is 0 Å². The summed E-state index contributed by atoms with van der Waals surface area (Å²) < 4.78 is 22.2. The van der Waals surface area contributed by atoms with Gasteiger partial charge in [-0.05, 0) is 29.7 Å². The van der Waals surface area contributed by atoms with Crippen molar-refractivity contribution in [2.75, 3.05) is 6.61 Å². The summed E-state index contributed by atoms with van der Waals surface area (Å²) in [7, 11) is 0. The van der Waals surface area contributed by atoms with Crippen molar-refractivity contribution >= 4 is 5.65 Å². The molecule has 0 aliphatic heterocycles. The van der Waals surface area contributed by atoms with Gasteiger partial charge in [0.1, 0.15) is 5.69 Å². The minimum Gasteiger partial charge on any atom is -0.493 e. The molecule has 0 bridgehead atoms. The van der Waals surface area contributed by atoms with Gasteiger partial charge in [0.25, 0.3) is 0 Å². The predicted octanol–water partition coefficient (Wildman–Crippen LogP) is 7.77. The van der Waals surface area contributed by atoms with Gasteiger partial charge in [-0.15, -0.1) is 0 Å². The lowest BCUT2D eigenvalue weighted by atomic mass is 10.1. The van der Waals surface area contributed by atoms with Gasteiger partial charge in [-0.2, -0.15) is 0 Å². The third-order valence-electron chi connectivity index (χ3n) is 6.88. The monoisotopic (exact) mass is 523 g/mol. The zero-order chi connectivity index (χ0) is 27.0. The van der Waals surface area contributed by atoms with Gasteiger partial charge in [-0.3, -0.25) is 4.40 Å². The molecule has 6 heteroatoms. The average molecular weight is 524 g/mol. The van der Waals surface area contributed by atoms with Crippen molar-refractivity contribution < 1.29 is 14.2 Å². The van der Waals surface area contributed by atoms with Crippen molar-refractivity contribution in [3.8, 4) is 22.9 Å². The van der Waals surface area contributed by atoms with E-state index in [4.69, 9.17) is 14.7 Å². The number of ether oxygens (including phenoxy) is 1. The molecule has 3 aromatic carbocycles. The SMILES string of the molecule is CCCCCCCOc1ccc(Cc2nc3c(Cc4ccccc4)nc(-c4ccccc4)cn3c2O)cc1F. The first-order valence-corrected chi connectivity index (χ1v) is 13.7. The molecule has 0 fully saturated rings. The molecule has 39 heavy (non-hydrogen) atoms. The van der Waals surface area contributed by atoms with Crippen molar-refractivity contribution in [3.63, 3.8) is 0 Å². The highest BCUT2D eigenvalue weighted by Crippen LogP contribution is 2.29.